The second-order valence-corrected chi connectivity index (χ2v) is 9.07. The van der Waals surface area contributed by atoms with Crippen LogP contribution in [-0.4, -0.2) is 35.5 Å². The van der Waals surface area contributed by atoms with E-state index < -0.39 is 86.9 Å². The van der Waals surface area contributed by atoms with Crippen LogP contribution in [0.25, 0.3) is 0 Å². The average molecular weight is 663 g/mol. The fraction of sp³-hybridized carbons (Fsp3) is 0.476. The van der Waals surface area contributed by atoms with Gasteiger partial charge in [-0.3, -0.25) is 14.3 Å². The van der Waals surface area contributed by atoms with E-state index in [1.807, 2.05) is 0 Å². The average Bonchev–Trinajstić information content (AvgIpc) is 2.78. The van der Waals surface area contributed by atoms with E-state index in [0.717, 1.165) is 7.11 Å². The topological polar surface area (TPSA) is 73.7 Å². The molecular weight excluding hydrogens is 645 g/mol. The third-order valence-electron chi connectivity index (χ3n) is 4.95. The summed E-state index contributed by atoms with van der Waals surface area (Å²) in [5.74, 6) is -2.68. The lowest BCUT2D eigenvalue weighted by molar-refractivity contribution is -0.153. The Balaban J connectivity index is 3.27. The highest BCUT2D eigenvalue weighted by Gasteiger charge is 2.44. The van der Waals surface area contributed by atoms with Crippen LogP contribution >= 0.6 is 27.5 Å². The molecule has 2 aromatic rings. The van der Waals surface area contributed by atoms with Crippen LogP contribution in [0.15, 0.2) is 21.4 Å². The minimum absolute atomic E-state index is 0.0542. The third kappa shape index (κ3) is 6.80. The summed E-state index contributed by atoms with van der Waals surface area (Å²) in [6, 6.07) is -1.37. The maximum Gasteiger partial charge on any atom is 0.434 e. The molecule has 18 heteroatoms. The number of anilines is 2. The molecule has 1 heterocycles. The lowest BCUT2D eigenvalue weighted by atomic mass is 10.1. The largest absolute Gasteiger partial charge is 0.466 e. The third-order valence-corrected chi connectivity index (χ3v) is 6.06. The smallest absolute Gasteiger partial charge is 0.434 e. The number of ether oxygens (including phenoxy) is 2. The maximum absolute atomic E-state index is 13.8. The van der Waals surface area contributed by atoms with E-state index in [-0.39, 0.29) is 17.0 Å². The molecule has 1 aromatic carbocycles. The zero-order valence-electron chi connectivity index (χ0n) is 20.1. The number of hydrogen-bond donors (Lipinski definition) is 0. The Morgan fingerprint density at radius 3 is 2.05 bits per heavy atom. The van der Waals surface area contributed by atoms with Crippen LogP contribution in [0, 0.1) is 0 Å². The van der Waals surface area contributed by atoms with Crippen molar-refractivity contribution >= 4 is 45.1 Å². The van der Waals surface area contributed by atoms with Gasteiger partial charge < -0.3 is 9.47 Å². The number of halogens is 11. The van der Waals surface area contributed by atoms with Gasteiger partial charge in [0.15, 0.2) is 5.69 Å². The summed E-state index contributed by atoms with van der Waals surface area (Å²) in [4.78, 5) is 29.1. The van der Waals surface area contributed by atoms with Crippen molar-refractivity contribution in [3.05, 3.63) is 48.8 Å². The SMILES string of the molecule is CCOC(C(=O)OC)N(c1cc(C(F)(F)F)cc(C(F)(F)F)c1Cl)c1nc(C(F)(F)F)c(Br)c(=O)n1C(C)C. The quantitative estimate of drug-likeness (QED) is 0.181. The van der Waals surface area contributed by atoms with Gasteiger partial charge in [0.05, 0.1) is 28.9 Å². The van der Waals surface area contributed by atoms with Crippen LogP contribution in [-0.2, 0) is 32.8 Å². The number of alkyl halides is 9. The van der Waals surface area contributed by atoms with Gasteiger partial charge in [-0.05, 0) is 48.8 Å². The molecule has 0 saturated heterocycles. The molecule has 0 spiro atoms. The lowest BCUT2D eigenvalue weighted by Gasteiger charge is -2.34. The monoisotopic (exact) mass is 661 g/mol. The lowest BCUT2D eigenvalue weighted by Crippen LogP contribution is -2.45. The molecule has 218 valence electrons. The van der Waals surface area contributed by atoms with Crippen LogP contribution in [0.1, 0.15) is 43.6 Å². The van der Waals surface area contributed by atoms with Gasteiger partial charge in [0, 0.05) is 12.6 Å². The van der Waals surface area contributed by atoms with Crippen molar-refractivity contribution in [2.75, 3.05) is 18.6 Å². The molecule has 7 nitrogen and oxygen atoms in total. The van der Waals surface area contributed by atoms with Crippen LogP contribution in [0.2, 0.25) is 5.02 Å². The first kappa shape index (κ1) is 32.7. The first-order chi connectivity index (χ1) is 17.7. The van der Waals surface area contributed by atoms with E-state index in [1.165, 1.54) is 20.8 Å². The van der Waals surface area contributed by atoms with Crippen molar-refractivity contribution in [1.29, 1.82) is 0 Å². The number of methoxy groups -OCH3 is 1. The Kier molecular flexibility index (Phi) is 9.66. The maximum atomic E-state index is 13.8. The normalized spacial score (nSPS) is 13.5. The number of aromatic nitrogens is 2. The number of esters is 1. The molecule has 0 aliphatic heterocycles. The van der Waals surface area contributed by atoms with E-state index in [2.05, 4.69) is 25.7 Å². The summed E-state index contributed by atoms with van der Waals surface area (Å²) in [5, 5.41) is -1.45. The van der Waals surface area contributed by atoms with Gasteiger partial charge in [0.2, 0.25) is 12.2 Å². The van der Waals surface area contributed by atoms with E-state index in [0.29, 0.717) is 4.57 Å². The predicted octanol–water partition coefficient (Wildman–Crippen LogP) is 6.97. The highest BCUT2D eigenvalue weighted by Crippen LogP contribution is 2.46. The number of benzene rings is 1. The van der Waals surface area contributed by atoms with Crippen LogP contribution in [0.3, 0.4) is 0 Å². The van der Waals surface area contributed by atoms with Gasteiger partial charge in [-0.15, -0.1) is 0 Å². The van der Waals surface area contributed by atoms with Crippen molar-refractivity contribution < 1.29 is 53.8 Å². The Labute approximate surface area is 227 Å². The highest BCUT2D eigenvalue weighted by molar-refractivity contribution is 9.10. The highest BCUT2D eigenvalue weighted by atomic mass is 79.9. The summed E-state index contributed by atoms with van der Waals surface area (Å²) in [5.41, 5.74) is -8.56. The van der Waals surface area contributed by atoms with Gasteiger partial charge in [-0.25, -0.2) is 9.78 Å². The molecule has 1 aromatic heterocycles. The van der Waals surface area contributed by atoms with E-state index in [9.17, 15) is 49.1 Å². The summed E-state index contributed by atoms with van der Waals surface area (Å²) < 4.78 is 133. The molecule has 0 amide bonds. The van der Waals surface area contributed by atoms with Gasteiger partial charge in [-0.2, -0.15) is 39.5 Å². The molecule has 1 atom stereocenters. The molecule has 39 heavy (non-hydrogen) atoms. The van der Waals surface area contributed by atoms with E-state index >= 15 is 0 Å². The van der Waals surface area contributed by atoms with Crippen molar-refractivity contribution in [1.82, 2.24) is 9.55 Å². The summed E-state index contributed by atoms with van der Waals surface area (Å²) in [7, 11) is 0.771. The van der Waals surface area contributed by atoms with E-state index in [4.69, 9.17) is 16.3 Å². The summed E-state index contributed by atoms with van der Waals surface area (Å²) in [6.07, 6.45) is -18.6. The molecule has 0 aliphatic rings. The molecule has 1 unspecified atom stereocenters. The Bertz CT molecular complexity index is 1290. The zero-order valence-corrected chi connectivity index (χ0v) is 22.5. The Morgan fingerprint density at radius 2 is 1.64 bits per heavy atom. The second kappa shape index (κ2) is 11.5. The van der Waals surface area contributed by atoms with Gasteiger partial charge in [0.1, 0.15) is 4.47 Å². The molecule has 0 radical (unpaired) electrons. The second-order valence-electron chi connectivity index (χ2n) is 7.89. The molecule has 2 rings (SSSR count). The number of nitrogens with zero attached hydrogens (tertiary/aromatic N) is 3. The summed E-state index contributed by atoms with van der Waals surface area (Å²) >= 11 is 8.40. The molecule has 0 N–H and O–H groups in total. The first-order valence-electron chi connectivity index (χ1n) is 10.5. The van der Waals surface area contributed by atoms with Gasteiger partial charge in [-0.1, -0.05) is 11.6 Å². The number of rotatable bonds is 7. The fourth-order valence-corrected chi connectivity index (χ4v) is 4.14. The predicted molar refractivity (Wildman–Crippen MR) is 123 cm³/mol. The van der Waals surface area contributed by atoms with Gasteiger partial charge in [0.25, 0.3) is 5.56 Å². The Morgan fingerprint density at radius 1 is 1.08 bits per heavy atom. The van der Waals surface area contributed by atoms with E-state index in [1.54, 1.807) is 0 Å². The number of carbonyl (C=O) groups is 1. The molecule has 0 bridgehead atoms. The molecular formula is C21H18BrClF9N3O4. The van der Waals surface area contributed by atoms with Crippen molar-refractivity contribution in [2.24, 2.45) is 0 Å². The van der Waals surface area contributed by atoms with Crippen molar-refractivity contribution in [3.8, 4) is 0 Å². The minimum atomic E-state index is -5.49. The van der Waals surface area contributed by atoms with Crippen LogP contribution in [0.4, 0.5) is 51.1 Å². The standard InChI is InChI=1S/C21H18BrClF9N3O4/c1-5-39-16(17(37)38-4)35(11-7-9(19(24,25)26)6-10(13(11)23)20(27,28)29)18-33-14(21(30,31)32)12(22)15(36)34(18)8(2)3/h6-8,16H,5H2,1-4H3. The minimum Gasteiger partial charge on any atom is -0.466 e. The fourth-order valence-electron chi connectivity index (χ4n) is 3.32. The van der Waals surface area contributed by atoms with Crippen LogP contribution < -0.4 is 10.5 Å². The number of carbonyl (C=O) groups excluding carboxylic acids is 1. The van der Waals surface area contributed by atoms with Crippen LogP contribution in [0.5, 0.6) is 0 Å². The van der Waals surface area contributed by atoms with Crippen molar-refractivity contribution in [2.45, 2.75) is 51.6 Å². The Hall–Kier alpha value is -2.53. The zero-order chi connectivity index (χ0) is 30.2. The molecule has 0 fully saturated rings. The molecule has 0 saturated carbocycles. The van der Waals surface area contributed by atoms with Gasteiger partial charge >= 0.3 is 24.5 Å². The molecule has 0 aliphatic carbocycles. The number of hydrogen-bond acceptors (Lipinski definition) is 6. The van der Waals surface area contributed by atoms with Crippen molar-refractivity contribution in [3.63, 3.8) is 0 Å². The first-order valence-corrected chi connectivity index (χ1v) is 11.7. The summed E-state index contributed by atoms with van der Waals surface area (Å²) in [6.45, 7) is 3.32.